The number of fused-ring (bicyclic) bond motifs is 3. The number of benzene rings is 1. The Labute approximate surface area is 216 Å². The van der Waals surface area contributed by atoms with Gasteiger partial charge in [-0.1, -0.05) is 36.8 Å². The Kier molecular flexibility index (Phi) is 7.79. The molecule has 7 nitrogen and oxygen atoms in total. The lowest BCUT2D eigenvalue weighted by molar-refractivity contribution is 0.0511. The van der Waals surface area contributed by atoms with E-state index in [2.05, 4.69) is 13.0 Å². The zero-order chi connectivity index (χ0) is 26.0. The molecule has 1 aromatic carbocycles. The molecule has 1 aliphatic heterocycles. The second kappa shape index (κ2) is 10.8. The molecule has 1 aromatic heterocycles. The maximum Gasteiger partial charge on any atom is 0.355 e. The molecule has 2 unspecified atom stereocenters. The molecule has 8 heteroatoms. The van der Waals surface area contributed by atoms with Crippen molar-refractivity contribution < 1.29 is 28.5 Å². The number of aromatic nitrogens is 1. The first-order valence-corrected chi connectivity index (χ1v) is 12.6. The largest absolute Gasteiger partial charge is 0.493 e. The van der Waals surface area contributed by atoms with Crippen LogP contribution in [-0.2, 0) is 22.4 Å². The van der Waals surface area contributed by atoms with Gasteiger partial charge in [0, 0.05) is 35.0 Å². The Balaban J connectivity index is 2.11. The van der Waals surface area contributed by atoms with Crippen molar-refractivity contribution in [2.45, 2.75) is 46.1 Å². The quantitative estimate of drug-likeness (QED) is 0.340. The van der Waals surface area contributed by atoms with Gasteiger partial charge in [-0.05, 0) is 43.9 Å². The van der Waals surface area contributed by atoms with E-state index >= 15 is 0 Å². The van der Waals surface area contributed by atoms with Crippen LogP contribution < -0.4 is 9.47 Å². The summed E-state index contributed by atoms with van der Waals surface area (Å²) >= 11 is 6.54. The highest BCUT2D eigenvalue weighted by molar-refractivity contribution is 6.29. The SMILES string of the molecule is CCOC(=O)c1c(C2C=C(Cl)CC=CC2C)c(C(=O)OCC)n2c1-c1cc(OC)c(OC)cc1CC2. The van der Waals surface area contributed by atoms with E-state index in [-0.39, 0.29) is 25.0 Å². The number of halogens is 1. The average Bonchev–Trinajstić information content (AvgIpc) is 3.12. The van der Waals surface area contributed by atoms with E-state index in [9.17, 15) is 9.59 Å². The van der Waals surface area contributed by atoms with E-state index in [1.807, 2.05) is 28.9 Å². The minimum atomic E-state index is -0.487. The van der Waals surface area contributed by atoms with Gasteiger partial charge in [-0.15, -0.1) is 0 Å². The average molecular weight is 514 g/mol. The molecule has 1 aliphatic carbocycles. The third-order valence-electron chi connectivity index (χ3n) is 6.73. The standard InChI is InChI=1S/C28H32ClNO6/c1-6-35-27(31)24-23(19-14-18(29)10-8-9-16(19)3)26(28(32)36-7-2)30-12-11-17-13-21(33-4)22(34-5)15-20(17)25(24)30/h8-9,13-16,19H,6-7,10-12H2,1-5H3. The lowest BCUT2D eigenvalue weighted by Gasteiger charge is -2.23. The highest BCUT2D eigenvalue weighted by atomic mass is 35.5. The molecule has 4 rings (SSSR count). The van der Waals surface area contributed by atoms with Crippen molar-refractivity contribution in [3.05, 3.63) is 57.8 Å². The Hall–Kier alpha value is -3.19. The molecule has 0 spiro atoms. The second-order valence-electron chi connectivity index (χ2n) is 8.82. The molecule has 0 radical (unpaired) electrons. The number of methoxy groups -OCH3 is 2. The van der Waals surface area contributed by atoms with Gasteiger partial charge in [0.1, 0.15) is 5.69 Å². The van der Waals surface area contributed by atoms with Gasteiger partial charge in [0.15, 0.2) is 11.5 Å². The van der Waals surface area contributed by atoms with Gasteiger partial charge in [0.2, 0.25) is 0 Å². The molecule has 0 N–H and O–H groups in total. The molecule has 2 heterocycles. The van der Waals surface area contributed by atoms with E-state index in [4.69, 9.17) is 30.5 Å². The molecular weight excluding hydrogens is 482 g/mol. The Morgan fingerprint density at radius 1 is 1.06 bits per heavy atom. The van der Waals surface area contributed by atoms with Crippen LogP contribution in [0.25, 0.3) is 11.3 Å². The number of allylic oxidation sites excluding steroid dienone is 4. The molecule has 36 heavy (non-hydrogen) atoms. The Bertz CT molecular complexity index is 1240. The van der Waals surface area contributed by atoms with Crippen molar-refractivity contribution in [2.24, 2.45) is 5.92 Å². The fourth-order valence-electron chi connectivity index (χ4n) is 5.15. The molecule has 192 valence electrons. The summed E-state index contributed by atoms with van der Waals surface area (Å²) < 4.78 is 24.1. The van der Waals surface area contributed by atoms with Crippen LogP contribution in [0.15, 0.2) is 35.4 Å². The highest BCUT2D eigenvalue weighted by Crippen LogP contribution is 2.47. The molecule has 2 aliphatic rings. The summed E-state index contributed by atoms with van der Waals surface area (Å²) in [6, 6.07) is 3.79. The predicted molar refractivity (Wildman–Crippen MR) is 138 cm³/mol. The van der Waals surface area contributed by atoms with E-state index in [1.165, 1.54) is 0 Å². The third kappa shape index (κ3) is 4.52. The van der Waals surface area contributed by atoms with Gasteiger partial charge in [0.25, 0.3) is 0 Å². The number of hydrogen-bond donors (Lipinski definition) is 0. The van der Waals surface area contributed by atoms with Crippen LogP contribution >= 0.6 is 11.6 Å². The van der Waals surface area contributed by atoms with Crippen molar-refractivity contribution >= 4 is 23.5 Å². The summed E-state index contributed by atoms with van der Waals surface area (Å²) in [5.41, 5.74) is 3.72. The monoisotopic (exact) mass is 513 g/mol. The van der Waals surface area contributed by atoms with Crippen LogP contribution in [0.5, 0.6) is 11.5 Å². The number of carbonyl (C=O) groups is 2. The van der Waals surface area contributed by atoms with Crippen molar-refractivity contribution in [1.82, 2.24) is 4.57 Å². The van der Waals surface area contributed by atoms with Crippen LogP contribution in [-0.4, -0.2) is 43.9 Å². The van der Waals surface area contributed by atoms with Gasteiger partial charge in [-0.2, -0.15) is 0 Å². The van der Waals surface area contributed by atoms with Gasteiger partial charge in [0.05, 0.1) is 38.7 Å². The van der Waals surface area contributed by atoms with E-state index in [1.54, 1.807) is 28.1 Å². The number of nitrogens with zero attached hydrogens (tertiary/aromatic N) is 1. The molecule has 0 bridgehead atoms. The zero-order valence-electron chi connectivity index (χ0n) is 21.4. The zero-order valence-corrected chi connectivity index (χ0v) is 22.1. The van der Waals surface area contributed by atoms with Crippen LogP contribution in [0.4, 0.5) is 0 Å². The number of rotatable bonds is 7. The lowest BCUT2D eigenvalue weighted by Crippen LogP contribution is -2.20. The summed E-state index contributed by atoms with van der Waals surface area (Å²) in [6.07, 6.45) is 7.26. The minimum absolute atomic E-state index is 0.0167. The van der Waals surface area contributed by atoms with E-state index in [0.29, 0.717) is 58.4 Å². The fraction of sp³-hybridized carbons (Fsp3) is 0.429. The summed E-state index contributed by atoms with van der Waals surface area (Å²) in [7, 11) is 3.16. The normalized spacial score (nSPS) is 18.4. The summed E-state index contributed by atoms with van der Waals surface area (Å²) in [5.74, 6) is -0.156. The summed E-state index contributed by atoms with van der Waals surface area (Å²) in [4.78, 5) is 27.1. The van der Waals surface area contributed by atoms with Crippen molar-refractivity contribution in [3.8, 4) is 22.8 Å². The maximum atomic E-state index is 13.6. The first-order valence-electron chi connectivity index (χ1n) is 12.2. The van der Waals surface area contributed by atoms with Gasteiger partial charge in [-0.3, -0.25) is 0 Å². The molecule has 0 saturated heterocycles. The highest BCUT2D eigenvalue weighted by Gasteiger charge is 2.39. The molecule has 2 atom stereocenters. The number of aryl methyl sites for hydroxylation is 1. The predicted octanol–water partition coefficient (Wildman–Crippen LogP) is 5.88. The molecule has 2 aromatic rings. The van der Waals surface area contributed by atoms with E-state index in [0.717, 1.165) is 11.1 Å². The summed E-state index contributed by atoms with van der Waals surface area (Å²) in [5, 5.41) is 0.654. The smallest absolute Gasteiger partial charge is 0.355 e. The Morgan fingerprint density at radius 3 is 2.39 bits per heavy atom. The van der Waals surface area contributed by atoms with Crippen molar-refractivity contribution in [1.29, 1.82) is 0 Å². The third-order valence-corrected chi connectivity index (χ3v) is 7.01. The molecule has 0 fully saturated rings. The lowest BCUT2D eigenvalue weighted by atomic mass is 9.83. The van der Waals surface area contributed by atoms with Gasteiger partial charge >= 0.3 is 11.9 Å². The van der Waals surface area contributed by atoms with Crippen LogP contribution in [0.2, 0.25) is 0 Å². The maximum absolute atomic E-state index is 13.6. The first kappa shape index (κ1) is 25.9. The molecule has 0 saturated carbocycles. The summed E-state index contributed by atoms with van der Waals surface area (Å²) in [6.45, 7) is 6.49. The van der Waals surface area contributed by atoms with E-state index < -0.39 is 11.9 Å². The van der Waals surface area contributed by atoms with Crippen molar-refractivity contribution in [3.63, 3.8) is 0 Å². The molecule has 0 amide bonds. The molecular formula is C28H32ClNO6. The Morgan fingerprint density at radius 2 is 1.72 bits per heavy atom. The van der Waals surface area contributed by atoms with Crippen LogP contribution in [0, 0.1) is 5.92 Å². The topological polar surface area (TPSA) is 76.0 Å². The number of hydrogen-bond acceptors (Lipinski definition) is 6. The second-order valence-corrected chi connectivity index (χ2v) is 9.31. The number of esters is 2. The number of ether oxygens (including phenoxy) is 4. The van der Waals surface area contributed by atoms with Crippen molar-refractivity contribution in [2.75, 3.05) is 27.4 Å². The van der Waals surface area contributed by atoms with Crippen LogP contribution in [0.1, 0.15) is 65.1 Å². The van der Waals surface area contributed by atoms with Gasteiger partial charge < -0.3 is 23.5 Å². The van der Waals surface area contributed by atoms with Gasteiger partial charge in [-0.25, -0.2) is 9.59 Å². The fourth-order valence-corrected chi connectivity index (χ4v) is 5.38. The number of carbonyl (C=O) groups excluding carboxylic acids is 2. The minimum Gasteiger partial charge on any atom is -0.493 e. The first-order chi connectivity index (χ1) is 17.4. The van der Waals surface area contributed by atoms with Crippen LogP contribution in [0.3, 0.4) is 0 Å².